The van der Waals surface area contributed by atoms with Crippen molar-refractivity contribution in [2.45, 2.75) is 25.0 Å². The van der Waals surface area contributed by atoms with Crippen LogP contribution in [0.1, 0.15) is 24.8 Å². The number of hydrogen-bond donors (Lipinski definition) is 1. The molecule has 0 aromatic carbocycles. The second-order valence-electron chi connectivity index (χ2n) is 4.47. The van der Waals surface area contributed by atoms with E-state index in [0.717, 1.165) is 8.95 Å². The monoisotopic (exact) mass is 417 g/mol. The lowest BCUT2D eigenvalue weighted by Crippen LogP contribution is -2.18. The number of carboxylic acids is 1. The number of carboxylic acid groups (broad SMARTS) is 1. The van der Waals surface area contributed by atoms with E-state index in [1.807, 2.05) is 6.07 Å². The molecule has 0 spiro atoms. The summed E-state index contributed by atoms with van der Waals surface area (Å²) < 4.78 is 12.1. The third kappa shape index (κ3) is 2.99. The maximum atomic E-state index is 10.9. The molecule has 0 saturated carbocycles. The summed E-state index contributed by atoms with van der Waals surface area (Å²) in [4.78, 5) is 19.3. The molecule has 7 nitrogen and oxygen atoms in total. The molecule has 3 heterocycles. The van der Waals surface area contributed by atoms with E-state index in [1.54, 1.807) is 6.20 Å². The molecule has 21 heavy (non-hydrogen) atoms. The molecule has 9 heteroatoms. The molecular formula is C12H9Br2N3O4. The maximum absolute atomic E-state index is 10.9. The number of aliphatic carboxylic acids is 1. The van der Waals surface area contributed by atoms with E-state index in [1.165, 1.54) is 0 Å². The van der Waals surface area contributed by atoms with Crippen LogP contribution >= 0.6 is 31.9 Å². The number of ether oxygens (including phenoxy) is 1. The number of halogens is 2. The van der Waals surface area contributed by atoms with Crippen molar-refractivity contribution in [3.63, 3.8) is 0 Å². The number of carbonyl (C=O) groups is 1. The third-order valence-electron chi connectivity index (χ3n) is 3.03. The molecule has 0 radical (unpaired) electrons. The molecule has 0 aliphatic carbocycles. The Hall–Kier alpha value is -1.32. The summed E-state index contributed by atoms with van der Waals surface area (Å²) in [5, 5.41) is 12.8. The minimum Gasteiger partial charge on any atom is -0.479 e. The van der Waals surface area contributed by atoms with Crippen molar-refractivity contribution in [1.82, 2.24) is 15.1 Å². The highest BCUT2D eigenvalue weighted by Gasteiger charge is 2.34. The van der Waals surface area contributed by atoms with Crippen LogP contribution in [0.25, 0.3) is 11.5 Å². The molecule has 1 N–H and O–H groups in total. The molecule has 2 aromatic heterocycles. The van der Waals surface area contributed by atoms with Crippen molar-refractivity contribution >= 4 is 37.8 Å². The quantitative estimate of drug-likeness (QED) is 0.817. The van der Waals surface area contributed by atoms with Crippen LogP contribution in [0.3, 0.4) is 0 Å². The first-order chi connectivity index (χ1) is 10.0. The minimum absolute atomic E-state index is 0.269. The third-order valence-corrected chi connectivity index (χ3v) is 4.07. The summed E-state index contributed by atoms with van der Waals surface area (Å²) in [5.41, 5.74) is 0.543. The highest BCUT2D eigenvalue weighted by atomic mass is 79.9. The van der Waals surface area contributed by atoms with Crippen molar-refractivity contribution in [2.24, 2.45) is 0 Å². The van der Waals surface area contributed by atoms with Crippen LogP contribution in [0.4, 0.5) is 0 Å². The van der Waals surface area contributed by atoms with Gasteiger partial charge < -0.3 is 14.4 Å². The molecule has 2 atom stereocenters. The second-order valence-corrected chi connectivity index (χ2v) is 6.24. The van der Waals surface area contributed by atoms with Gasteiger partial charge in [-0.2, -0.15) is 4.98 Å². The Morgan fingerprint density at radius 3 is 2.86 bits per heavy atom. The van der Waals surface area contributed by atoms with Gasteiger partial charge in [0.2, 0.25) is 5.82 Å². The summed E-state index contributed by atoms with van der Waals surface area (Å²) >= 11 is 6.70. The Kier molecular flexibility index (Phi) is 4.05. The van der Waals surface area contributed by atoms with Gasteiger partial charge in [-0.15, -0.1) is 0 Å². The van der Waals surface area contributed by atoms with E-state index in [4.69, 9.17) is 14.4 Å². The molecule has 3 rings (SSSR count). The molecule has 0 amide bonds. The molecular weight excluding hydrogens is 410 g/mol. The van der Waals surface area contributed by atoms with Gasteiger partial charge in [0.15, 0.2) is 6.10 Å². The summed E-state index contributed by atoms with van der Waals surface area (Å²) in [6, 6.07) is 1.82. The van der Waals surface area contributed by atoms with E-state index >= 15 is 0 Å². The van der Waals surface area contributed by atoms with E-state index in [9.17, 15) is 4.79 Å². The van der Waals surface area contributed by atoms with Crippen LogP contribution < -0.4 is 0 Å². The smallest absolute Gasteiger partial charge is 0.332 e. The molecule has 110 valence electrons. The number of pyridine rings is 1. The zero-order valence-corrected chi connectivity index (χ0v) is 13.7. The highest BCUT2D eigenvalue weighted by molar-refractivity contribution is 9.11. The second kappa shape index (κ2) is 5.82. The number of hydrogen-bond acceptors (Lipinski definition) is 6. The predicted molar refractivity (Wildman–Crippen MR) is 77.4 cm³/mol. The first-order valence-corrected chi connectivity index (χ1v) is 7.66. The molecule has 1 fully saturated rings. The Morgan fingerprint density at radius 1 is 1.38 bits per heavy atom. The van der Waals surface area contributed by atoms with E-state index in [0.29, 0.717) is 24.4 Å². The van der Waals surface area contributed by atoms with Gasteiger partial charge in [-0.3, -0.25) is 4.98 Å². The molecule has 2 unspecified atom stereocenters. The number of nitrogens with zero attached hydrogens (tertiary/aromatic N) is 3. The fraction of sp³-hybridized carbons (Fsp3) is 0.333. The average molecular weight is 419 g/mol. The molecule has 1 aliphatic heterocycles. The summed E-state index contributed by atoms with van der Waals surface area (Å²) in [5.74, 6) is -0.383. The van der Waals surface area contributed by atoms with Crippen LogP contribution in [-0.2, 0) is 9.53 Å². The Labute approximate surface area is 136 Å². The summed E-state index contributed by atoms with van der Waals surface area (Å²) in [6.07, 6.45) is 1.29. The van der Waals surface area contributed by atoms with Gasteiger partial charge in [0.25, 0.3) is 5.89 Å². The number of aromatic nitrogens is 3. The molecule has 0 bridgehead atoms. The van der Waals surface area contributed by atoms with Crippen LogP contribution in [-0.4, -0.2) is 32.3 Å². The fourth-order valence-corrected chi connectivity index (χ4v) is 3.21. The van der Waals surface area contributed by atoms with Gasteiger partial charge >= 0.3 is 5.97 Å². The van der Waals surface area contributed by atoms with Crippen LogP contribution in [0.2, 0.25) is 0 Å². The summed E-state index contributed by atoms with van der Waals surface area (Å²) in [6.45, 7) is 0. The lowest BCUT2D eigenvalue weighted by atomic mass is 10.2. The van der Waals surface area contributed by atoms with Crippen molar-refractivity contribution in [3.05, 3.63) is 27.1 Å². The van der Waals surface area contributed by atoms with E-state index in [-0.39, 0.29) is 5.89 Å². The molecule has 1 saturated heterocycles. The summed E-state index contributed by atoms with van der Waals surface area (Å²) in [7, 11) is 0. The Bertz CT molecular complexity index is 691. The van der Waals surface area contributed by atoms with Gasteiger partial charge in [-0.1, -0.05) is 5.16 Å². The topological polar surface area (TPSA) is 98.3 Å². The van der Waals surface area contributed by atoms with Crippen LogP contribution in [0, 0.1) is 0 Å². The zero-order valence-electron chi connectivity index (χ0n) is 10.5. The van der Waals surface area contributed by atoms with Gasteiger partial charge in [0.05, 0.1) is 0 Å². The Balaban J connectivity index is 1.82. The Morgan fingerprint density at radius 2 is 2.19 bits per heavy atom. The highest BCUT2D eigenvalue weighted by Crippen LogP contribution is 2.33. The van der Waals surface area contributed by atoms with Gasteiger partial charge in [-0.25, -0.2) is 4.79 Å². The van der Waals surface area contributed by atoms with Crippen molar-refractivity contribution in [1.29, 1.82) is 0 Å². The van der Waals surface area contributed by atoms with Crippen molar-refractivity contribution < 1.29 is 19.2 Å². The van der Waals surface area contributed by atoms with Gasteiger partial charge in [0, 0.05) is 15.1 Å². The van der Waals surface area contributed by atoms with E-state index in [2.05, 4.69) is 47.0 Å². The van der Waals surface area contributed by atoms with E-state index < -0.39 is 18.2 Å². The first kappa shape index (κ1) is 14.6. The minimum atomic E-state index is -0.977. The molecule has 1 aliphatic rings. The predicted octanol–water partition coefficient (Wildman–Crippen LogP) is 2.96. The fourth-order valence-electron chi connectivity index (χ4n) is 2.04. The average Bonchev–Trinajstić information content (AvgIpc) is 3.07. The van der Waals surface area contributed by atoms with Crippen molar-refractivity contribution in [3.8, 4) is 11.5 Å². The standard InChI is InChI=1S/C12H9Br2N3O4/c13-5-3-6(14)9(15-4-5)10-16-11(21-17-10)7-1-2-8(20-7)12(18)19/h3-4,7-8H,1-2H2,(H,18,19). The van der Waals surface area contributed by atoms with Crippen molar-refractivity contribution in [2.75, 3.05) is 0 Å². The van der Waals surface area contributed by atoms with Crippen LogP contribution in [0.5, 0.6) is 0 Å². The lowest BCUT2D eigenvalue weighted by molar-refractivity contribution is -0.150. The lowest BCUT2D eigenvalue weighted by Gasteiger charge is -2.05. The zero-order chi connectivity index (χ0) is 15.0. The van der Waals surface area contributed by atoms with Gasteiger partial charge in [-0.05, 0) is 50.8 Å². The van der Waals surface area contributed by atoms with Gasteiger partial charge in [0.1, 0.15) is 11.8 Å². The largest absolute Gasteiger partial charge is 0.479 e. The number of rotatable bonds is 3. The first-order valence-electron chi connectivity index (χ1n) is 6.08. The SMILES string of the molecule is O=C(O)C1CCC(c2nc(-c3ncc(Br)cc3Br)no2)O1. The normalized spacial score (nSPS) is 21.6. The maximum Gasteiger partial charge on any atom is 0.332 e. The van der Waals surface area contributed by atoms with Crippen LogP contribution in [0.15, 0.2) is 25.7 Å². The molecule has 2 aromatic rings.